The maximum atomic E-state index is 10.8. The first-order chi connectivity index (χ1) is 15.0. The van der Waals surface area contributed by atoms with Crippen LogP contribution in [-0.2, 0) is 18.1 Å². The van der Waals surface area contributed by atoms with E-state index in [2.05, 4.69) is 43.7 Å². The molecule has 0 bridgehead atoms. The van der Waals surface area contributed by atoms with Crippen molar-refractivity contribution in [3.63, 3.8) is 0 Å². The number of rotatable bonds is 9. The van der Waals surface area contributed by atoms with E-state index in [0.717, 1.165) is 19.2 Å². The Morgan fingerprint density at radius 3 is 2.58 bits per heavy atom. The summed E-state index contributed by atoms with van der Waals surface area (Å²) in [5, 5.41) is 14.8. The van der Waals surface area contributed by atoms with Crippen molar-refractivity contribution in [2.75, 3.05) is 7.11 Å². The minimum atomic E-state index is -0.446. The van der Waals surface area contributed by atoms with Crippen LogP contribution in [0, 0.1) is 13.7 Å². The van der Waals surface area contributed by atoms with Crippen LogP contribution in [0.4, 0.5) is 5.69 Å². The Morgan fingerprint density at radius 1 is 1.10 bits per heavy atom. The second kappa shape index (κ2) is 11.1. The van der Waals surface area contributed by atoms with Crippen LogP contribution in [0.5, 0.6) is 11.5 Å². The van der Waals surface area contributed by atoms with Gasteiger partial charge in [-0.15, -0.1) is 0 Å². The average Bonchev–Trinajstić information content (AvgIpc) is 2.77. The van der Waals surface area contributed by atoms with E-state index in [1.54, 1.807) is 25.3 Å². The van der Waals surface area contributed by atoms with E-state index in [-0.39, 0.29) is 12.3 Å². The zero-order valence-electron chi connectivity index (χ0n) is 16.5. The fourth-order valence-corrected chi connectivity index (χ4v) is 3.59. The zero-order chi connectivity index (χ0) is 22.2. The van der Waals surface area contributed by atoms with Crippen molar-refractivity contribution >= 4 is 50.4 Å². The molecule has 3 rings (SSSR count). The molecule has 0 aliphatic carbocycles. The summed E-state index contributed by atoms with van der Waals surface area (Å²) in [5.74, 6) is 1.15. The molecule has 0 N–H and O–H groups in total. The molecule has 0 amide bonds. The maximum Gasteiger partial charge on any atom is 0.269 e. The average molecular weight is 597 g/mol. The van der Waals surface area contributed by atoms with E-state index in [0.29, 0.717) is 23.7 Å². The van der Waals surface area contributed by atoms with Crippen molar-refractivity contribution in [2.24, 2.45) is 5.16 Å². The molecule has 0 aliphatic heterocycles. The number of methoxy groups -OCH3 is 1. The van der Waals surface area contributed by atoms with E-state index < -0.39 is 4.92 Å². The summed E-state index contributed by atoms with van der Waals surface area (Å²) in [7, 11) is 1.57. The van der Waals surface area contributed by atoms with Crippen LogP contribution in [0.15, 0.2) is 70.3 Å². The minimum Gasteiger partial charge on any atom is -0.493 e. The van der Waals surface area contributed by atoms with Crippen molar-refractivity contribution in [3.8, 4) is 11.5 Å². The Balaban J connectivity index is 1.64. The third-order valence-electron chi connectivity index (χ3n) is 4.18. The molecular weight excluding hydrogens is 579 g/mol. The summed E-state index contributed by atoms with van der Waals surface area (Å²) in [6.45, 7) is 0.527. The van der Waals surface area contributed by atoms with Crippen LogP contribution >= 0.6 is 38.5 Å². The number of ether oxygens (including phenoxy) is 2. The Labute approximate surface area is 201 Å². The molecule has 3 aromatic rings. The molecule has 0 saturated carbocycles. The van der Waals surface area contributed by atoms with Gasteiger partial charge in [0.15, 0.2) is 11.5 Å². The van der Waals surface area contributed by atoms with Gasteiger partial charge < -0.3 is 14.3 Å². The maximum absolute atomic E-state index is 10.8. The number of non-ortho nitro benzene ring substituents is 1. The molecule has 0 spiro atoms. The van der Waals surface area contributed by atoms with Gasteiger partial charge in [0.2, 0.25) is 0 Å². The number of nitro benzene ring substituents is 1. The van der Waals surface area contributed by atoms with Gasteiger partial charge in [-0.05, 0) is 73.9 Å². The van der Waals surface area contributed by atoms with E-state index in [1.165, 1.54) is 18.3 Å². The molecule has 0 heterocycles. The molecule has 160 valence electrons. The fourth-order valence-electron chi connectivity index (χ4n) is 2.66. The first kappa shape index (κ1) is 23.0. The number of hydrogen-bond acceptors (Lipinski definition) is 6. The third-order valence-corrected chi connectivity index (χ3v) is 5.49. The van der Waals surface area contributed by atoms with Gasteiger partial charge in [0.1, 0.15) is 13.2 Å². The predicted octanol–water partition coefficient (Wildman–Crippen LogP) is 6.10. The number of nitrogens with zero attached hydrogens (tertiary/aromatic N) is 2. The van der Waals surface area contributed by atoms with Gasteiger partial charge in [-0.3, -0.25) is 10.1 Å². The summed E-state index contributed by atoms with van der Waals surface area (Å²) in [5.41, 5.74) is 2.46. The van der Waals surface area contributed by atoms with Gasteiger partial charge in [-0.2, -0.15) is 0 Å². The van der Waals surface area contributed by atoms with Crippen LogP contribution in [0.1, 0.15) is 16.7 Å². The van der Waals surface area contributed by atoms with Gasteiger partial charge in [0.25, 0.3) is 5.69 Å². The van der Waals surface area contributed by atoms with Crippen molar-refractivity contribution < 1.29 is 19.2 Å². The molecule has 0 aromatic heterocycles. The lowest BCUT2D eigenvalue weighted by atomic mass is 10.2. The first-order valence-corrected chi connectivity index (χ1v) is 11.0. The highest BCUT2D eigenvalue weighted by Gasteiger charge is 2.12. The van der Waals surface area contributed by atoms with Gasteiger partial charge in [0, 0.05) is 21.3 Å². The summed E-state index contributed by atoms with van der Waals surface area (Å²) in [4.78, 5) is 15.7. The lowest BCUT2D eigenvalue weighted by molar-refractivity contribution is -0.384. The van der Waals surface area contributed by atoms with Crippen LogP contribution in [0.2, 0.25) is 0 Å². The molecule has 0 radical (unpaired) electrons. The SMILES string of the molecule is COc1cc(/C=N\OCc2cccc([N+](=O)[O-])c2)cc(Br)c1OCc1ccc(I)cc1. The van der Waals surface area contributed by atoms with E-state index in [9.17, 15) is 10.1 Å². The van der Waals surface area contributed by atoms with E-state index in [4.69, 9.17) is 14.3 Å². The first-order valence-electron chi connectivity index (χ1n) is 9.09. The smallest absolute Gasteiger partial charge is 0.269 e. The Kier molecular flexibility index (Phi) is 8.24. The van der Waals surface area contributed by atoms with Crippen LogP contribution < -0.4 is 9.47 Å². The van der Waals surface area contributed by atoms with E-state index in [1.807, 2.05) is 30.3 Å². The Morgan fingerprint density at radius 2 is 1.87 bits per heavy atom. The number of nitro groups is 1. The minimum absolute atomic E-state index is 0.0135. The largest absolute Gasteiger partial charge is 0.493 e. The lowest BCUT2D eigenvalue weighted by Gasteiger charge is -2.13. The van der Waals surface area contributed by atoms with Crippen molar-refractivity contribution in [1.29, 1.82) is 0 Å². The highest BCUT2D eigenvalue weighted by atomic mass is 127. The monoisotopic (exact) mass is 596 g/mol. The predicted molar refractivity (Wildman–Crippen MR) is 130 cm³/mol. The molecule has 0 aliphatic rings. The van der Waals surface area contributed by atoms with Gasteiger partial charge in [-0.25, -0.2) is 0 Å². The lowest BCUT2D eigenvalue weighted by Crippen LogP contribution is -2.00. The highest BCUT2D eigenvalue weighted by Crippen LogP contribution is 2.37. The van der Waals surface area contributed by atoms with Gasteiger partial charge >= 0.3 is 0 Å². The number of hydrogen-bond donors (Lipinski definition) is 0. The third kappa shape index (κ3) is 6.66. The van der Waals surface area contributed by atoms with Crippen LogP contribution in [0.3, 0.4) is 0 Å². The Hall–Kier alpha value is -2.66. The van der Waals surface area contributed by atoms with Crippen molar-refractivity contribution in [1.82, 2.24) is 0 Å². The number of halogens is 2. The molecule has 3 aromatic carbocycles. The van der Waals surface area contributed by atoms with Crippen LogP contribution in [-0.4, -0.2) is 18.2 Å². The van der Waals surface area contributed by atoms with Crippen molar-refractivity contribution in [3.05, 3.63) is 95.5 Å². The zero-order valence-corrected chi connectivity index (χ0v) is 20.2. The quantitative estimate of drug-likeness (QED) is 0.129. The molecule has 0 unspecified atom stereocenters. The van der Waals surface area contributed by atoms with Crippen molar-refractivity contribution in [2.45, 2.75) is 13.2 Å². The summed E-state index contributed by atoms with van der Waals surface area (Å²) in [6.07, 6.45) is 1.54. The summed E-state index contributed by atoms with van der Waals surface area (Å²) >= 11 is 5.78. The molecule has 7 nitrogen and oxygen atoms in total. The van der Waals surface area contributed by atoms with Gasteiger partial charge in [-0.1, -0.05) is 29.4 Å². The van der Waals surface area contributed by atoms with Crippen LogP contribution in [0.25, 0.3) is 0 Å². The molecule has 9 heteroatoms. The highest BCUT2D eigenvalue weighted by molar-refractivity contribution is 14.1. The summed E-state index contributed by atoms with van der Waals surface area (Å²) in [6, 6.07) is 17.9. The molecule has 31 heavy (non-hydrogen) atoms. The summed E-state index contributed by atoms with van der Waals surface area (Å²) < 4.78 is 13.3. The second-order valence-electron chi connectivity index (χ2n) is 6.38. The van der Waals surface area contributed by atoms with Gasteiger partial charge in [0.05, 0.1) is 22.7 Å². The Bertz CT molecular complexity index is 1090. The number of oxime groups is 1. The normalized spacial score (nSPS) is 10.8. The standard InChI is InChI=1S/C22H18BrIN2O5/c1-29-21-11-17(12-25-31-14-16-3-2-4-19(9-16)26(27)28)10-20(23)22(21)30-13-15-5-7-18(24)8-6-15/h2-12H,13-14H2,1H3/b25-12-. The second-order valence-corrected chi connectivity index (χ2v) is 8.48. The fraction of sp³-hybridized carbons (Fsp3) is 0.136. The van der Waals surface area contributed by atoms with E-state index >= 15 is 0 Å². The molecule has 0 fully saturated rings. The molecular formula is C22H18BrIN2O5. The topological polar surface area (TPSA) is 83.2 Å². The molecule has 0 saturated heterocycles. The molecule has 0 atom stereocenters. The number of benzene rings is 3.